The first-order valence-electron chi connectivity index (χ1n) is 9.49. The van der Waals surface area contributed by atoms with Crippen LogP contribution in [-0.4, -0.2) is 52.1 Å². The zero-order chi connectivity index (χ0) is 20.2. The molecule has 3 heterocycles. The second-order valence-corrected chi connectivity index (χ2v) is 8.70. The van der Waals surface area contributed by atoms with Crippen LogP contribution in [0.3, 0.4) is 0 Å². The Morgan fingerprint density at radius 1 is 1.31 bits per heavy atom. The van der Waals surface area contributed by atoms with Crippen LogP contribution in [0.5, 0.6) is 0 Å². The fraction of sp³-hybridized carbons (Fsp3) is 0.350. The van der Waals surface area contributed by atoms with Crippen molar-refractivity contribution in [3.63, 3.8) is 0 Å². The van der Waals surface area contributed by atoms with Crippen molar-refractivity contribution in [2.75, 3.05) is 30.4 Å². The molecule has 3 aromatic rings. The van der Waals surface area contributed by atoms with Gasteiger partial charge in [-0.3, -0.25) is 0 Å². The molecule has 1 spiro atoms. The lowest BCUT2D eigenvalue weighted by Gasteiger charge is -2.30. The van der Waals surface area contributed by atoms with Crippen LogP contribution in [0.2, 0.25) is 10.0 Å². The van der Waals surface area contributed by atoms with Gasteiger partial charge in [-0.05, 0) is 37.1 Å². The number of likely N-dealkylation sites (tertiary alicyclic amines) is 1. The molecule has 0 radical (unpaired) electrons. The molecule has 1 aromatic carbocycles. The molecule has 2 N–H and O–H groups in total. The minimum absolute atomic E-state index is 0.109. The monoisotopic (exact) mass is 430 g/mol. The number of aromatic amines is 1. The van der Waals surface area contributed by atoms with E-state index in [0.717, 1.165) is 29.7 Å². The van der Waals surface area contributed by atoms with Gasteiger partial charge in [0.05, 0.1) is 22.1 Å². The Morgan fingerprint density at radius 3 is 2.93 bits per heavy atom. The smallest absolute Gasteiger partial charge is 0.321 e. The lowest BCUT2D eigenvalue weighted by molar-refractivity contribution is 0.220. The summed E-state index contributed by atoms with van der Waals surface area (Å²) in [6, 6.07) is 7.06. The molecule has 1 aliphatic heterocycles. The number of rotatable bonds is 3. The van der Waals surface area contributed by atoms with Crippen molar-refractivity contribution in [1.82, 2.24) is 19.9 Å². The Bertz CT molecular complexity index is 1100. The SMILES string of the molecule is CN(c1ncnc2[nH]ccc12)C1CN(C(=O)Nc2cc(Cl)ccc2Cl)CC12CC2. The molecule has 7 nitrogen and oxygen atoms in total. The largest absolute Gasteiger partial charge is 0.354 e. The van der Waals surface area contributed by atoms with Crippen LogP contribution in [0.1, 0.15) is 12.8 Å². The van der Waals surface area contributed by atoms with Crippen LogP contribution in [0.4, 0.5) is 16.3 Å². The van der Waals surface area contributed by atoms with Crippen LogP contribution in [-0.2, 0) is 0 Å². The maximum Gasteiger partial charge on any atom is 0.321 e. The Morgan fingerprint density at radius 2 is 2.14 bits per heavy atom. The van der Waals surface area contributed by atoms with Gasteiger partial charge in [0.15, 0.2) is 0 Å². The Labute approximate surface area is 178 Å². The number of halogens is 2. The standard InChI is InChI=1S/C20H20Cl2N6O/c1-27(18-13-4-7-23-17(13)24-11-25-18)16-9-28(10-20(16)5-6-20)19(29)26-15-8-12(21)2-3-14(15)22/h2-4,7-8,11,16H,5-6,9-10H2,1H3,(H,26,29)(H,23,24,25). The van der Waals surface area contributed by atoms with E-state index in [4.69, 9.17) is 23.2 Å². The maximum absolute atomic E-state index is 12.9. The van der Waals surface area contributed by atoms with E-state index in [9.17, 15) is 4.79 Å². The van der Waals surface area contributed by atoms with Crippen molar-refractivity contribution >= 4 is 51.8 Å². The highest BCUT2D eigenvalue weighted by molar-refractivity contribution is 6.35. The molecule has 2 amide bonds. The number of H-pyrrole nitrogens is 1. The number of hydrogen-bond acceptors (Lipinski definition) is 4. The van der Waals surface area contributed by atoms with Crippen LogP contribution in [0.15, 0.2) is 36.8 Å². The Balaban J connectivity index is 1.37. The van der Waals surface area contributed by atoms with E-state index < -0.39 is 0 Å². The molecule has 9 heteroatoms. The van der Waals surface area contributed by atoms with Gasteiger partial charge in [-0.2, -0.15) is 0 Å². The number of hydrogen-bond donors (Lipinski definition) is 2. The number of urea groups is 1. The average Bonchev–Trinajstić information content (AvgIpc) is 3.13. The number of benzene rings is 1. The van der Waals surface area contributed by atoms with Gasteiger partial charge < -0.3 is 20.1 Å². The first-order valence-corrected chi connectivity index (χ1v) is 10.2. The summed E-state index contributed by atoms with van der Waals surface area (Å²) in [6.45, 7) is 1.34. The highest BCUT2D eigenvalue weighted by atomic mass is 35.5. The van der Waals surface area contributed by atoms with Gasteiger partial charge in [-0.1, -0.05) is 23.2 Å². The lowest BCUT2D eigenvalue weighted by Crippen LogP contribution is -2.40. The van der Waals surface area contributed by atoms with Crippen molar-refractivity contribution in [2.24, 2.45) is 5.41 Å². The summed E-state index contributed by atoms with van der Waals surface area (Å²) < 4.78 is 0. The van der Waals surface area contributed by atoms with Crippen molar-refractivity contribution < 1.29 is 4.79 Å². The van der Waals surface area contributed by atoms with Gasteiger partial charge in [-0.15, -0.1) is 0 Å². The van der Waals surface area contributed by atoms with Gasteiger partial charge in [-0.25, -0.2) is 14.8 Å². The molecule has 5 rings (SSSR count). The molecule has 1 aliphatic carbocycles. The number of nitrogens with zero attached hydrogens (tertiary/aromatic N) is 4. The van der Waals surface area contributed by atoms with Gasteiger partial charge >= 0.3 is 6.03 Å². The van der Waals surface area contributed by atoms with Crippen molar-refractivity contribution in [2.45, 2.75) is 18.9 Å². The molecular weight excluding hydrogens is 411 g/mol. The summed E-state index contributed by atoms with van der Waals surface area (Å²) in [5, 5.41) is 4.88. The van der Waals surface area contributed by atoms with Crippen LogP contribution < -0.4 is 10.2 Å². The van der Waals surface area contributed by atoms with Gasteiger partial charge in [0.2, 0.25) is 0 Å². The van der Waals surface area contributed by atoms with E-state index in [2.05, 4.69) is 32.2 Å². The number of carbonyl (C=O) groups excluding carboxylic acids is 1. The van der Waals surface area contributed by atoms with Crippen LogP contribution >= 0.6 is 23.2 Å². The maximum atomic E-state index is 12.9. The van der Waals surface area contributed by atoms with Crippen molar-refractivity contribution in [3.05, 3.63) is 46.8 Å². The third-order valence-electron chi connectivity index (χ3n) is 6.09. The summed E-state index contributed by atoms with van der Waals surface area (Å²) in [5.41, 5.74) is 1.45. The fourth-order valence-electron chi connectivity index (χ4n) is 4.37. The van der Waals surface area contributed by atoms with E-state index in [0.29, 0.717) is 28.8 Å². The molecule has 29 heavy (non-hydrogen) atoms. The topological polar surface area (TPSA) is 77.2 Å². The van der Waals surface area contributed by atoms with Crippen molar-refractivity contribution in [1.29, 1.82) is 0 Å². The zero-order valence-electron chi connectivity index (χ0n) is 15.8. The third-order valence-corrected chi connectivity index (χ3v) is 6.65. The lowest BCUT2D eigenvalue weighted by atomic mass is 9.99. The zero-order valence-corrected chi connectivity index (χ0v) is 17.3. The summed E-state index contributed by atoms with van der Waals surface area (Å²) in [6.07, 6.45) is 5.65. The number of anilines is 2. The highest BCUT2D eigenvalue weighted by Gasteiger charge is 2.57. The second kappa shape index (κ2) is 6.78. The average molecular weight is 431 g/mol. The summed E-state index contributed by atoms with van der Waals surface area (Å²) in [4.78, 5) is 28.9. The van der Waals surface area contributed by atoms with Gasteiger partial charge in [0, 0.05) is 36.8 Å². The van der Waals surface area contributed by atoms with E-state index in [1.807, 2.05) is 17.2 Å². The van der Waals surface area contributed by atoms with Gasteiger partial charge in [0.25, 0.3) is 0 Å². The Hall–Kier alpha value is -2.51. The molecule has 2 aromatic heterocycles. The molecule has 2 fully saturated rings. The molecule has 1 atom stereocenters. The molecule has 1 unspecified atom stereocenters. The van der Waals surface area contributed by atoms with E-state index >= 15 is 0 Å². The molecule has 1 saturated heterocycles. The number of nitrogens with one attached hydrogen (secondary N) is 2. The first-order chi connectivity index (χ1) is 14.0. The van der Waals surface area contributed by atoms with Crippen LogP contribution in [0.25, 0.3) is 11.0 Å². The summed E-state index contributed by atoms with van der Waals surface area (Å²) >= 11 is 12.2. The third kappa shape index (κ3) is 3.18. The minimum atomic E-state index is -0.161. The number of aromatic nitrogens is 3. The normalized spacial score (nSPS) is 19.7. The molecule has 150 valence electrons. The number of amides is 2. The number of likely N-dealkylation sites (N-methyl/N-ethyl adjacent to an activating group) is 1. The number of fused-ring (bicyclic) bond motifs is 1. The quantitative estimate of drug-likeness (QED) is 0.645. The van der Waals surface area contributed by atoms with Gasteiger partial charge in [0.1, 0.15) is 17.8 Å². The molecular formula is C20H20Cl2N6O. The summed E-state index contributed by atoms with van der Waals surface area (Å²) in [7, 11) is 2.05. The number of carbonyl (C=O) groups is 1. The van der Waals surface area contributed by atoms with Crippen molar-refractivity contribution in [3.8, 4) is 0 Å². The molecule has 0 bridgehead atoms. The predicted molar refractivity (Wildman–Crippen MR) is 115 cm³/mol. The first kappa shape index (κ1) is 18.5. The fourth-order valence-corrected chi connectivity index (χ4v) is 4.70. The molecule has 1 saturated carbocycles. The molecule has 2 aliphatic rings. The minimum Gasteiger partial charge on any atom is -0.354 e. The van der Waals surface area contributed by atoms with E-state index in [1.165, 1.54) is 0 Å². The highest BCUT2D eigenvalue weighted by Crippen LogP contribution is 2.55. The Kier molecular flexibility index (Phi) is 4.33. The van der Waals surface area contributed by atoms with Crippen LogP contribution in [0, 0.1) is 5.41 Å². The summed E-state index contributed by atoms with van der Waals surface area (Å²) in [5.74, 6) is 0.882. The second-order valence-electron chi connectivity index (χ2n) is 7.86. The van der Waals surface area contributed by atoms with E-state index in [1.54, 1.807) is 24.5 Å². The predicted octanol–water partition coefficient (Wildman–Crippen LogP) is 4.40. The van der Waals surface area contributed by atoms with E-state index in [-0.39, 0.29) is 17.5 Å².